The summed E-state index contributed by atoms with van der Waals surface area (Å²) in [5.41, 5.74) is 3.20. The van der Waals surface area contributed by atoms with Gasteiger partial charge in [-0.05, 0) is 29.3 Å². The number of nitrogens with one attached hydrogen (secondary N) is 2. The highest BCUT2D eigenvalue weighted by Gasteiger charge is 2.07. The lowest BCUT2D eigenvalue weighted by Crippen LogP contribution is -2.23. The van der Waals surface area contributed by atoms with Crippen LogP contribution in [0.3, 0.4) is 0 Å². The van der Waals surface area contributed by atoms with Crippen LogP contribution < -0.4 is 10.6 Å². The Kier molecular flexibility index (Phi) is 5.38. The Morgan fingerprint density at radius 3 is 2.54 bits per heavy atom. The standard InChI is InChI=1S/C19H19N5O2/c1-14(25)23-18-4-2-3-17(9-18)19(26)21-10-15-5-7-16(8-6-15)11-24-13-20-12-22-24/h2-9,12-13H,10-11H2,1H3,(H,21,26)(H,23,25). The Morgan fingerprint density at radius 2 is 1.85 bits per heavy atom. The van der Waals surface area contributed by atoms with Crippen LogP contribution in [-0.2, 0) is 17.9 Å². The van der Waals surface area contributed by atoms with Gasteiger partial charge in [0.25, 0.3) is 5.91 Å². The molecular formula is C19H19N5O2. The van der Waals surface area contributed by atoms with Crippen molar-refractivity contribution in [2.45, 2.75) is 20.0 Å². The van der Waals surface area contributed by atoms with Crippen molar-refractivity contribution in [1.82, 2.24) is 20.1 Å². The predicted octanol–water partition coefficient (Wildman–Crippen LogP) is 2.21. The van der Waals surface area contributed by atoms with Crippen LogP contribution in [0.4, 0.5) is 5.69 Å². The highest BCUT2D eigenvalue weighted by atomic mass is 16.2. The Labute approximate surface area is 151 Å². The molecule has 1 aromatic heterocycles. The fourth-order valence-electron chi connectivity index (χ4n) is 2.49. The van der Waals surface area contributed by atoms with Crippen LogP contribution in [0.25, 0.3) is 0 Å². The molecule has 0 aliphatic rings. The summed E-state index contributed by atoms with van der Waals surface area (Å²) in [6.07, 6.45) is 3.17. The van der Waals surface area contributed by atoms with E-state index in [9.17, 15) is 9.59 Å². The molecule has 0 radical (unpaired) electrons. The van der Waals surface area contributed by atoms with E-state index in [1.807, 2.05) is 24.3 Å². The first-order chi connectivity index (χ1) is 12.6. The second-order valence-corrected chi connectivity index (χ2v) is 5.85. The van der Waals surface area contributed by atoms with Crippen LogP contribution in [0.5, 0.6) is 0 Å². The average Bonchev–Trinajstić information content (AvgIpc) is 3.13. The fourth-order valence-corrected chi connectivity index (χ4v) is 2.49. The van der Waals surface area contributed by atoms with Gasteiger partial charge in [-0.1, -0.05) is 30.3 Å². The third-order valence-corrected chi connectivity index (χ3v) is 3.73. The largest absolute Gasteiger partial charge is 0.348 e. The molecule has 0 aliphatic carbocycles. The first-order valence-corrected chi connectivity index (χ1v) is 8.16. The normalized spacial score (nSPS) is 10.3. The summed E-state index contributed by atoms with van der Waals surface area (Å²) in [7, 11) is 0. The second-order valence-electron chi connectivity index (χ2n) is 5.85. The maximum atomic E-state index is 12.3. The minimum absolute atomic E-state index is 0.173. The number of aromatic nitrogens is 3. The molecule has 7 nitrogen and oxygen atoms in total. The molecule has 0 atom stereocenters. The molecule has 2 aromatic carbocycles. The van der Waals surface area contributed by atoms with E-state index in [2.05, 4.69) is 20.7 Å². The zero-order chi connectivity index (χ0) is 18.4. The molecule has 1 heterocycles. The van der Waals surface area contributed by atoms with E-state index in [1.165, 1.54) is 13.3 Å². The predicted molar refractivity (Wildman–Crippen MR) is 97.5 cm³/mol. The highest BCUT2D eigenvalue weighted by Crippen LogP contribution is 2.11. The first-order valence-electron chi connectivity index (χ1n) is 8.16. The molecule has 2 amide bonds. The smallest absolute Gasteiger partial charge is 0.251 e. The van der Waals surface area contributed by atoms with Crippen LogP contribution in [0, 0.1) is 0 Å². The Bertz CT molecular complexity index is 889. The SMILES string of the molecule is CC(=O)Nc1cccc(C(=O)NCc2ccc(Cn3cncn3)cc2)c1. The number of rotatable bonds is 6. The first kappa shape index (κ1) is 17.3. The monoisotopic (exact) mass is 349 g/mol. The van der Waals surface area contributed by atoms with Crippen LogP contribution >= 0.6 is 0 Å². The number of amides is 2. The number of hydrogen-bond acceptors (Lipinski definition) is 4. The molecule has 7 heteroatoms. The fraction of sp³-hybridized carbons (Fsp3) is 0.158. The molecule has 0 fully saturated rings. The number of carbonyl (C=O) groups is 2. The van der Waals surface area contributed by atoms with Crippen molar-refractivity contribution >= 4 is 17.5 Å². The van der Waals surface area contributed by atoms with Crippen molar-refractivity contribution in [3.05, 3.63) is 77.9 Å². The van der Waals surface area contributed by atoms with Crippen molar-refractivity contribution in [1.29, 1.82) is 0 Å². The van der Waals surface area contributed by atoms with Crippen molar-refractivity contribution in [2.24, 2.45) is 0 Å². The molecular weight excluding hydrogens is 330 g/mol. The van der Waals surface area contributed by atoms with E-state index >= 15 is 0 Å². The Balaban J connectivity index is 1.56. The van der Waals surface area contributed by atoms with Gasteiger partial charge in [-0.3, -0.25) is 9.59 Å². The Morgan fingerprint density at radius 1 is 1.08 bits per heavy atom. The van der Waals surface area contributed by atoms with Crippen molar-refractivity contribution in [3.63, 3.8) is 0 Å². The molecule has 3 rings (SSSR count). The summed E-state index contributed by atoms with van der Waals surface area (Å²) in [4.78, 5) is 27.3. The van der Waals surface area contributed by atoms with Crippen LogP contribution in [0.15, 0.2) is 61.2 Å². The highest BCUT2D eigenvalue weighted by molar-refractivity contribution is 5.96. The van der Waals surface area contributed by atoms with E-state index in [-0.39, 0.29) is 11.8 Å². The quantitative estimate of drug-likeness (QED) is 0.714. The van der Waals surface area contributed by atoms with Gasteiger partial charge in [0.15, 0.2) is 0 Å². The molecule has 2 N–H and O–H groups in total. The average molecular weight is 349 g/mol. The maximum Gasteiger partial charge on any atom is 0.251 e. The van der Waals surface area contributed by atoms with Crippen LogP contribution in [-0.4, -0.2) is 26.6 Å². The second kappa shape index (κ2) is 8.06. The molecule has 26 heavy (non-hydrogen) atoms. The lowest BCUT2D eigenvalue weighted by molar-refractivity contribution is -0.114. The van der Waals surface area contributed by atoms with E-state index in [0.29, 0.717) is 24.3 Å². The third-order valence-electron chi connectivity index (χ3n) is 3.73. The summed E-state index contributed by atoms with van der Waals surface area (Å²) in [5.74, 6) is -0.363. The van der Waals surface area contributed by atoms with Crippen LogP contribution in [0.1, 0.15) is 28.4 Å². The topological polar surface area (TPSA) is 88.9 Å². The number of nitrogens with zero attached hydrogens (tertiary/aromatic N) is 3. The number of anilines is 1. The van der Waals surface area contributed by atoms with E-state index in [4.69, 9.17) is 0 Å². The number of benzene rings is 2. The third kappa shape index (κ3) is 4.76. The molecule has 0 saturated carbocycles. The minimum Gasteiger partial charge on any atom is -0.348 e. The minimum atomic E-state index is -0.191. The van der Waals surface area contributed by atoms with E-state index < -0.39 is 0 Å². The summed E-state index contributed by atoms with van der Waals surface area (Å²) in [6, 6.07) is 14.8. The van der Waals surface area contributed by atoms with Gasteiger partial charge >= 0.3 is 0 Å². The van der Waals surface area contributed by atoms with Crippen molar-refractivity contribution in [2.75, 3.05) is 5.32 Å². The van der Waals surface area contributed by atoms with Gasteiger partial charge in [0.1, 0.15) is 12.7 Å². The number of hydrogen-bond donors (Lipinski definition) is 2. The van der Waals surface area contributed by atoms with Gasteiger partial charge in [-0.2, -0.15) is 5.10 Å². The maximum absolute atomic E-state index is 12.3. The molecule has 3 aromatic rings. The molecule has 0 saturated heterocycles. The molecule has 0 aliphatic heterocycles. The van der Waals surface area contributed by atoms with Gasteiger partial charge in [-0.15, -0.1) is 0 Å². The molecule has 0 spiro atoms. The molecule has 132 valence electrons. The molecule has 0 unspecified atom stereocenters. The summed E-state index contributed by atoms with van der Waals surface area (Å²) >= 11 is 0. The van der Waals surface area contributed by atoms with Crippen LogP contribution in [0.2, 0.25) is 0 Å². The zero-order valence-corrected chi connectivity index (χ0v) is 14.3. The summed E-state index contributed by atoms with van der Waals surface area (Å²) < 4.78 is 1.75. The summed E-state index contributed by atoms with van der Waals surface area (Å²) in [6.45, 7) is 2.51. The molecule has 0 bridgehead atoms. The van der Waals surface area contributed by atoms with Gasteiger partial charge in [-0.25, -0.2) is 9.67 Å². The van der Waals surface area contributed by atoms with Crippen molar-refractivity contribution < 1.29 is 9.59 Å². The summed E-state index contributed by atoms with van der Waals surface area (Å²) in [5, 5.41) is 9.62. The lowest BCUT2D eigenvalue weighted by Gasteiger charge is -2.08. The van der Waals surface area contributed by atoms with Gasteiger partial charge in [0, 0.05) is 24.7 Å². The van der Waals surface area contributed by atoms with Gasteiger partial charge < -0.3 is 10.6 Å². The van der Waals surface area contributed by atoms with Crippen molar-refractivity contribution in [3.8, 4) is 0 Å². The van der Waals surface area contributed by atoms with E-state index in [1.54, 1.807) is 35.3 Å². The van der Waals surface area contributed by atoms with Gasteiger partial charge in [0.2, 0.25) is 5.91 Å². The zero-order valence-electron chi connectivity index (χ0n) is 14.3. The number of carbonyl (C=O) groups excluding carboxylic acids is 2. The Hall–Kier alpha value is -3.48. The lowest BCUT2D eigenvalue weighted by atomic mass is 10.1. The van der Waals surface area contributed by atoms with E-state index in [0.717, 1.165) is 11.1 Å². The van der Waals surface area contributed by atoms with Gasteiger partial charge in [0.05, 0.1) is 6.54 Å².